The third-order valence-electron chi connectivity index (χ3n) is 15.2. The van der Waals surface area contributed by atoms with Gasteiger partial charge in [0.15, 0.2) is 23.3 Å². The summed E-state index contributed by atoms with van der Waals surface area (Å²) in [5.74, 6) is 2.78. The summed E-state index contributed by atoms with van der Waals surface area (Å²) in [6, 6.07) is 90.6. The number of rotatable bonds is 8. The molecule has 2 atom stereocenters. The highest BCUT2D eigenvalue weighted by Crippen LogP contribution is 2.57. The summed E-state index contributed by atoms with van der Waals surface area (Å²) in [6.45, 7) is 0. The predicted molar refractivity (Wildman–Crippen MR) is 303 cm³/mol. The van der Waals surface area contributed by atoms with Crippen molar-refractivity contribution >= 4 is 21.8 Å². The average Bonchev–Trinajstić information content (AvgIpc) is 3.89. The van der Waals surface area contributed by atoms with Gasteiger partial charge in [0.1, 0.15) is 0 Å². The van der Waals surface area contributed by atoms with E-state index >= 15 is 0 Å². The predicted octanol–water partition coefficient (Wildman–Crippen LogP) is 16.4. The number of nitrogens with zero attached hydrogens (tertiary/aromatic N) is 6. The standard InChI is InChI=1S/C69H44N6/c1-4-19-43(20-5-1)66-70-59(42-60(71-66)56-31-14-17-34-63(56)75-61-32-15-12-27-50(61)51-28-13-16-33-62(51)75)48-26-18-25-46(39-48)47-35-37-54-57(40-47)64-52-29-10-11-30-53(52)65(54)58-41-49(36-38-55(58)64)69-73-67(44-21-6-2-7-22-44)72-68(74-69)45-23-8-3-9-24-45/h1-42,64-65H. The van der Waals surface area contributed by atoms with Crippen molar-refractivity contribution < 1.29 is 0 Å². The van der Waals surface area contributed by atoms with Gasteiger partial charge in [-0.3, -0.25) is 0 Å². The van der Waals surface area contributed by atoms with E-state index in [1.807, 2.05) is 42.5 Å². The minimum absolute atomic E-state index is 0.0572. The summed E-state index contributed by atoms with van der Waals surface area (Å²) in [4.78, 5) is 25.9. The first-order valence-electron chi connectivity index (χ1n) is 25.6. The molecule has 0 aliphatic heterocycles. The lowest BCUT2D eigenvalue weighted by Crippen LogP contribution is -2.27. The molecule has 2 unspecified atom stereocenters. The molecule has 350 valence electrons. The van der Waals surface area contributed by atoms with Crippen molar-refractivity contribution in [1.82, 2.24) is 29.5 Å². The summed E-state index contributed by atoms with van der Waals surface area (Å²) >= 11 is 0. The quantitative estimate of drug-likeness (QED) is 0.152. The summed E-state index contributed by atoms with van der Waals surface area (Å²) < 4.78 is 2.38. The van der Waals surface area contributed by atoms with Crippen LogP contribution >= 0.6 is 0 Å². The molecule has 0 N–H and O–H groups in total. The zero-order valence-electron chi connectivity index (χ0n) is 40.6. The largest absolute Gasteiger partial charge is 0.309 e. The molecule has 2 bridgehead atoms. The lowest BCUT2D eigenvalue weighted by molar-refractivity contribution is 0.755. The molecule has 6 heteroatoms. The van der Waals surface area contributed by atoms with Crippen molar-refractivity contribution in [3.05, 3.63) is 288 Å². The Morgan fingerprint density at radius 2 is 0.667 bits per heavy atom. The fraction of sp³-hybridized carbons (Fsp3) is 0.0290. The minimum atomic E-state index is 0.0572. The number of para-hydroxylation sites is 3. The van der Waals surface area contributed by atoms with Gasteiger partial charge in [-0.25, -0.2) is 24.9 Å². The van der Waals surface area contributed by atoms with Gasteiger partial charge in [-0.1, -0.05) is 212 Å². The number of hydrogen-bond acceptors (Lipinski definition) is 5. The van der Waals surface area contributed by atoms with E-state index in [2.05, 4.69) is 217 Å². The fourth-order valence-corrected chi connectivity index (χ4v) is 11.8. The van der Waals surface area contributed by atoms with Gasteiger partial charge in [-0.2, -0.15) is 0 Å². The maximum atomic E-state index is 5.34. The summed E-state index contributed by atoms with van der Waals surface area (Å²) in [5, 5.41) is 2.44. The van der Waals surface area contributed by atoms with Crippen molar-refractivity contribution in [2.45, 2.75) is 11.8 Å². The van der Waals surface area contributed by atoms with Crippen LogP contribution in [-0.4, -0.2) is 29.5 Å². The molecule has 75 heavy (non-hydrogen) atoms. The average molecular weight is 957 g/mol. The van der Waals surface area contributed by atoms with Gasteiger partial charge >= 0.3 is 0 Å². The topological polar surface area (TPSA) is 69.4 Å². The Labute approximate surface area is 434 Å². The molecule has 3 heterocycles. The molecule has 6 nitrogen and oxygen atoms in total. The lowest BCUT2D eigenvalue weighted by atomic mass is 9.60. The van der Waals surface area contributed by atoms with E-state index in [0.29, 0.717) is 23.3 Å². The van der Waals surface area contributed by atoms with Gasteiger partial charge in [-0.05, 0) is 87.0 Å². The number of hydrogen-bond donors (Lipinski definition) is 0. The van der Waals surface area contributed by atoms with Gasteiger partial charge in [0, 0.05) is 56.0 Å². The molecule has 0 spiro atoms. The van der Waals surface area contributed by atoms with Crippen molar-refractivity contribution in [3.8, 4) is 84.9 Å². The van der Waals surface area contributed by atoms with Gasteiger partial charge in [0.05, 0.1) is 28.1 Å². The van der Waals surface area contributed by atoms with E-state index < -0.39 is 0 Å². The van der Waals surface area contributed by atoms with Crippen LogP contribution < -0.4 is 0 Å². The highest BCUT2D eigenvalue weighted by Gasteiger charge is 2.41. The van der Waals surface area contributed by atoms with Crippen LogP contribution in [0.3, 0.4) is 0 Å². The van der Waals surface area contributed by atoms with Crippen LogP contribution in [0.2, 0.25) is 0 Å². The van der Waals surface area contributed by atoms with Gasteiger partial charge in [0.2, 0.25) is 0 Å². The summed E-state index contributed by atoms with van der Waals surface area (Å²) in [6.07, 6.45) is 0. The van der Waals surface area contributed by atoms with Gasteiger partial charge in [0.25, 0.3) is 0 Å². The monoisotopic (exact) mass is 956 g/mol. The molecule has 0 saturated heterocycles. The van der Waals surface area contributed by atoms with E-state index in [4.69, 9.17) is 24.9 Å². The molecule has 0 fully saturated rings. The maximum absolute atomic E-state index is 5.34. The summed E-state index contributed by atoms with van der Waals surface area (Å²) in [5.41, 5.74) is 21.3. The van der Waals surface area contributed by atoms with Crippen LogP contribution in [0.5, 0.6) is 0 Å². The Kier molecular flexibility index (Phi) is 9.91. The Hall–Kier alpha value is -9.91. The van der Waals surface area contributed by atoms with E-state index in [1.165, 1.54) is 49.7 Å². The smallest absolute Gasteiger partial charge is 0.164 e. The molecule has 10 aromatic carbocycles. The third-order valence-corrected chi connectivity index (χ3v) is 15.2. The number of benzene rings is 10. The molecule has 0 saturated carbocycles. The first-order chi connectivity index (χ1) is 37.2. The van der Waals surface area contributed by atoms with Crippen molar-refractivity contribution in [2.75, 3.05) is 0 Å². The van der Waals surface area contributed by atoms with Crippen LogP contribution in [0.15, 0.2) is 255 Å². The van der Waals surface area contributed by atoms with Crippen LogP contribution in [0.1, 0.15) is 45.2 Å². The number of aromatic nitrogens is 6. The normalized spacial score (nSPS) is 14.1. The van der Waals surface area contributed by atoms with Crippen LogP contribution in [0.4, 0.5) is 0 Å². The second-order valence-electron chi connectivity index (χ2n) is 19.5. The third kappa shape index (κ3) is 7.13. The Morgan fingerprint density at radius 3 is 1.27 bits per heavy atom. The molecule has 3 aromatic heterocycles. The van der Waals surface area contributed by atoms with E-state index in [-0.39, 0.29) is 11.8 Å². The van der Waals surface area contributed by atoms with Gasteiger partial charge in [-0.15, -0.1) is 0 Å². The SMILES string of the molecule is c1ccc(-c2nc(-c3cccc(-c4ccc5c(c4)C4c6ccccc6C5c5cc(-c6nc(-c7ccccc7)nc(-c7ccccc7)n6)ccc54)c3)cc(-c3ccccc3-n3c4ccccc4c4ccccc43)n2)cc1. The zero-order valence-corrected chi connectivity index (χ0v) is 40.6. The van der Waals surface area contributed by atoms with E-state index in [1.54, 1.807) is 0 Å². The van der Waals surface area contributed by atoms with Crippen LogP contribution in [-0.2, 0) is 0 Å². The second kappa shape index (κ2) is 17.4. The molecular formula is C69H44N6. The first kappa shape index (κ1) is 42.7. The molecule has 3 aliphatic rings. The lowest BCUT2D eigenvalue weighted by Gasteiger charge is -2.42. The molecule has 0 radical (unpaired) electrons. The molecule has 16 rings (SSSR count). The van der Waals surface area contributed by atoms with Crippen molar-refractivity contribution in [1.29, 1.82) is 0 Å². The van der Waals surface area contributed by atoms with Gasteiger partial charge < -0.3 is 4.57 Å². The second-order valence-corrected chi connectivity index (χ2v) is 19.5. The minimum Gasteiger partial charge on any atom is -0.309 e. The molecule has 3 aliphatic carbocycles. The Morgan fingerprint density at radius 1 is 0.253 bits per heavy atom. The Balaban J connectivity index is 0.829. The maximum Gasteiger partial charge on any atom is 0.164 e. The molecule has 0 amide bonds. The highest BCUT2D eigenvalue weighted by atomic mass is 15.0. The number of fused-ring (bicyclic) bond motifs is 3. The fourth-order valence-electron chi connectivity index (χ4n) is 11.8. The molecule has 13 aromatic rings. The Bertz CT molecular complexity index is 4260. The van der Waals surface area contributed by atoms with Crippen molar-refractivity contribution in [2.24, 2.45) is 0 Å². The van der Waals surface area contributed by atoms with Crippen LogP contribution in [0, 0.1) is 0 Å². The zero-order chi connectivity index (χ0) is 49.4. The van der Waals surface area contributed by atoms with Crippen LogP contribution in [0.25, 0.3) is 107 Å². The molecular weight excluding hydrogens is 913 g/mol. The highest BCUT2D eigenvalue weighted by molar-refractivity contribution is 6.09. The van der Waals surface area contributed by atoms with Crippen molar-refractivity contribution in [3.63, 3.8) is 0 Å². The first-order valence-corrected chi connectivity index (χ1v) is 25.6. The van der Waals surface area contributed by atoms with E-state index in [9.17, 15) is 0 Å². The van der Waals surface area contributed by atoms with E-state index in [0.717, 1.165) is 67.1 Å². The summed E-state index contributed by atoms with van der Waals surface area (Å²) in [7, 11) is 0.